The molecule has 0 N–H and O–H groups in total. The van der Waals surface area contributed by atoms with Crippen LogP contribution in [0.2, 0.25) is 10.0 Å². The van der Waals surface area contributed by atoms with Crippen LogP contribution in [-0.4, -0.2) is 9.91 Å². The molecule has 0 radical (unpaired) electrons. The summed E-state index contributed by atoms with van der Waals surface area (Å²) in [4.78, 5) is 15.0. The number of rotatable bonds is 2. The molecule has 0 aliphatic carbocycles. The van der Waals surface area contributed by atoms with Gasteiger partial charge in [-0.05, 0) is 18.2 Å². The van der Waals surface area contributed by atoms with Crippen LogP contribution < -0.4 is 0 Å². The van der Waals surface area contributed by atoms with Crippen molar-refractivity contribution in [2.24, 2.45) is 0 Å². The second-order valence-electron chi connectivity index (χ2n) is 4.43. The van der Waals surface area contributed by atoms with Gasteiger partial charge in [-0.3, -0.25) is 10.1 Å². The minimum absolute atomic E-state index is 0.0191. The molecule has 21 heavy (non-hydrogen) atoms. The molecule has 2 aromatic carbocycles. The van der Waals surface area contributed by atoms with Crippen LogP contribution in [0.15, 0.2) is 48.5 Å². The lowest BCUT2D eigenvalue weighted by atomic mass is 10.1. The smallest absolute Gasteiger partial charge is 0.258 e. The van der Waals surface area contributed by atoms with Crippen molar-refractivity contribution in [3.8, 4) is 11.3 Å². The Bertz CT molecular complexity index is 865. The van der Waals surface area contributed by atoms with E-state index in [9.17, 15) is 10.1 Å². The van der Waals surface area contributed by atoms with Gasteiger partial charge in [0.25, 0.3) is 5.69 Å². The fourth-order valence-corrected chi connectivity index (χ4v) is 2.39. The van der Waals surface area contributed by atoms with Gasteiger partial charge in [0.2, 0.25) is 0 Å². The molecule has 0 atom stereocenters. The fourth-order valence-electron chi connectivity index (χ4n) is 2.09. The molecular formula is C15H8Cl2N2O2. The van der Waals surface area contributed by atoms with Crippen LogP contribution in [-0.2, 0) is 0 Å². The summed E-state index contributed by atoms with van der Waals surface area (Å²) in [6, 6.07) is 13.6. The van der Waals surface area contributed by atoms with E-state index >= 15 is 0 Å². The Kier molecular flexibility index (Phi) is 3.49. The number of aromatic nitrogens is 1. The Morgan fingerprint density at radius 1 is 1.00 bits per heavy atom. The summed E-state index contributed by atoms with van der Waals surface area (Å²) in [7, 11) is 0. The SMILES string of the molecule is O=[N+]([O-])c1cccc2ccc(-c3ccc(Cl)c(Cl)c3)nc12. The molecule has 0 unspecified atom stereocenters. The highest BCUT2D eigenvalue weighted by Gasteiger charge is 2.13. The van der Waals surface area contributed by atoms with Crippen molar-refractivity contribution in [2.45, 2.75) is 0 Å². The highest BCUT2D eigenvalue weighted by atomic mass is 35.5. The average Bonchev–Trinajstić information content (AvgIpc) is 2.48. The summed E-state index contributed by atoms with van der Waals surface area (Å²) in [5.41, 5.74) is 1.69. The first kappa shape index (κ1) is 13.8. The molecule has 0 aliphatic heterocycles. The van der Waals surface area contributed by atoms with E-state index in [1.165, 1.54) is 6.07 Å². The molecule has 0 amide bonds. The monoisotopic (exact) mass is 318 g/mol. The van der Waals surface area contributed by atoms with Crippen LogP contribution in [0.25, 0.3) is 22.2 Å². The van der Waals surface area contributed by atoms with Crippen LogP contribution in [0.4, 0.5) is 5.69 Å². The number of para-hydroxylation sites is 1. The van der Waals surface area contributed by atoms with Crippen molar-refractivity contribution in [2.75, 3.05) is 0 Å². The van der Waals surface area contributed by atoms with Gasteiger partial charge in [-0.2, -0.15) is 0 Å². The molecule has 1 aromatic heterocycles. The van der Waals surface area contributed by atoms with E-state index < -0.39 is 4.92 Å². The third kappa shape index (κ3) is 2.55. The zero-order valence-electron chi connectivity index (χ0n) is 10.6. The van der Waals surface area contributed by atoms with Crippen molar-refractivity contribution >= 4 is 39.8 Å². The van der Waals surface area contributed by atoms with Gasteiger partial charge in [0, 0.05) is 17.0 Å². The summed E-state index contributed by atoms with van der Waals surface area (Å²) < 4.78 is 0. The van der Waals surface area contributed by atoms with Gasteiger partial charge in [0.1, 0.15) is 5.52 Å². The molecular weight excluding hydrogens is 311 g/mol. The van der Waals surface area contributed by atoms with Crippen molar-refractivity contribution in [1.29, 1.82) is 0 Å². The van der Waals surface area contributed by atoms with E-state index in [-0.39, 0.29) is 5.69 Å². The van der Waals surface area contributed by atoms with E-state index in [1.807, 2.05) is 0 Å². The van der Waals surface area contributed by atoms with Crippen molar-refractivity contribution in [3.63, 3.8) is 0 Å². The maximum absolute atomic E-state index is 11.1. The van der Waals surface area contributed by atoms with E-state index in [1.54, 1.807) is 42.5 Å². The van der Waals surface area contributed by atoms with Gasteiger partial charge in [0.15, 0.2) is 0 Å². The highest BCUT2D eigenvalue weighted by Crippen LogP contribution is 2.30. The maximum Gasteiger partial charge on any atom is 0.295 e. The maximum atomic E-state index is 11.1. The lowest BCUT2D eigenvalue weighted by molar-refractivity contribution is -0.383. The number of nitro groups is 1. The van der Waals surface area contributed by atoms with Crippen LogP contribution in [0.3, 0.4) is 0 Å². The molecule has 4 nitrogen and oxygen atoms in total. The van der Waals surface area contributed by atoms with Crippen LogP contribution in [0.1, 0.15) is 0 Å². The van der Waals surface area contributed by atoms with Crippen molar-refractivity contribution in [3.05, 3.63) is 68.7 Å². The number of halogens is 2. The standard InChI is InChI=1S/C15H8Cl2N2O2/c16-11-6-4-10(8-12(11)17)13-7-5-9-2-1-3-14(19(20)21)15(9)18-13/h1-8H. The Morgan fingerprint density at radius 2 is 1.81 bits per heavy atom. The lowest BCUT2D eigenvalue weighted by Crippen LogP contribution is -1.93. The average molecular weight is 319 g/mol. The molecule has 0 saturated heterocycles. The molecule has 0 fully saturated rings. The first-order valence-corrected chi connectivity index (χ1v) is 6.81. The quantitative estimate of drug-likeness (QED) is 0.487. The largest absolute Gasteiger partial charge is 0.295 e. The summed E-state index contributed by atoms with van der Waals surface area (Å²) in [5.74, 6) is 0. The minimum Gasteiger partial charge on any atom is -0.258 e. The number of pyridine rings is 1. The number of nitro benzene ring substituents is 1. The van der Waals surface area contributed by atoms with Gasteiger partial charge in [-0.1, -0.05) is 47.5 Å². The summed E-state index contributed by atoms with van der Waals surface area (Å²) in [6.07, 6.45) is 0. The predicted molar refractivity (Wildman–Crippen MR) is 83.9 cm³/mol. The predicted octanol–water partition coefficient (Wildman–Crippen LogP) is 5.12. The van der Waals surface area contributed by atoms with E-state index in [4.69, 9.17) is 23.2 Å². The number of fused-ring (bicyclic) bond motifs is 1. The van der Waals surface area contributed by atoms with Crippen LogP contribution in [0, 0.1) is 10.1 Å². The zero-order chi connectivity index (χ0) is 15.0. The van der Waals surface area contributed by atoms with E-state index in [2.05, 4.69) is 4.98 Å². The summed E-state index contributed by atoms with van der Waals surface area (Å²) >= 11 is 11.9. The second kappa shape index (κ2) is 5.31. The Hall–Kier alpha value is -2.17. The van der Waals surface area contributed by atoms with E-state index in [0.29, 0.717) is 26.6 Å². The topological polar surface area (TPSA) is 56.0 Å². The number of hydrogen-bond acceptors (Lipinski definition) is 3. The zero-order valence-corrected chi connectivity index (χ0v) is 12.1. The Labute approximate surface area is 130 Å². The third-order valence-electron chi connectivity index (χ3n) is 3.11. The molecule has 6 heteroatoms. The lowest BCUT2D eigenvalue weighted by Gasteiger charge is -2.05. The summed E-state index contributed by atoms with van der Waals surface area (Å²) in [6.45, 7) is 0. The van der Waals surface area contributed by atoms with Crippen molar-refractivity contribution < 1.29 is 4.92 Å². The Balaban J connectivity index is 2.22. The first-order chi connectivity index (χ1) is 10.1. The minimum atomic E-state index is -0.437. The van der Waals surface area contributed by atoms with Crippen molar-refractivity contribution in [1.82, 2.24) is 4.98 Å². The normalized spacial score (nSPS) is 10.8. The van der Waals surface area contributed by atoms with E-state index in [0.717, 1.165) is 5.56 Å². The van der Waals surface area contributed by atoms with Gasteiger partial charge in [0.05, 0.1) is 20.7 Å². The Morgan fingerprint density at radius 3 is 2.52 bits per heavy atom. The number of hydrogen-bond donors (Lipinski definition) is 0. The first-order valence-electron chi connectivity index (χ1n) is 6.06. The number of non-ortho nitro benzene ring substituents is 1. The fraction of sp³-hybridized carbons (Fsp3) is 0. The molecule has 3 rings (SSSR count). The van der Waals surface area contributed by atoms with Crippen LogP contribution in [0.5, 0.6) is 0 Å². The molecule has 0 saturated carbocycles. The summed E-state index contributed by atoms with van der Waals surface area (Å²) in [5, 5.41) is 12.7. The molecule has 1 heterocycles. The van der Waals surface area contributed by atoms with Gasteiger partial charge < -0.3 is 0 Å². The van der Waals surface area contributed by atoms with Gasteiger partial charge >= 0.3 is 0 Å². The number of nitrogens with zero attached hydrogens (tertiary/aromatic N) is 2. The molecule has 3 aromatic rings. The highest BCUT2D eigenvalue weighted by molar-refractivity contribution is 6.42. The molecule has 0 bridgehead atoms. The molecule has 0 aliphatic rings. The van der Waals surface area contributed by atoms with Crippen LogP contribution >= 0.6 is 23.2 Å². The molecule has 104 valence electrons. The number of benzene rings is 2. The van der Waals surface area contributed by atoms with Gasteiger partial charge in [-0.15, -0.1) is 0 Å². The molecule has 0 spiro atoms. The second-order valence-corrected chi connectivity index (χ2v) is 5.25. The van der Waals surface area contributed by atoms with Gasteiger partial charge in [-0.25, -0.2) is 4.98 Å². The third-order valence-corrected chi connectivity index (χ3v) is 3.85.